The summed E-state index contributed by atoms with van der Waals surface area (Å²) in [5, 5.41) is 4.65. The van der Waals surface area contributed by atoms with Gasteiger partial charge in [-0.2, -0.15) is 0 Å². The van der Waals surface area contributed by atoms with E-state index in [9.17, 15) is 4.79 Å². The molecule has 0 aliphatic carbocycles. The molecule has 1 aromatic carbocycles. The molecule has 0 aliphatic heterocycles. The van der Waals surface area contributed by atoms with Crippen molar-refractivity contribution in [3.63, 3.8) is 0 Å². The third-order valence-electron chi connectivity index (χ3n) is 2.38. The van der Waals surface area contributed by atoms with E-state index in [4.69, 9.17) is 0 Å². The van der Waals surface area contributed by atoms with E-state index >= 15 is 0 Å². The Hall–Kier alpha value is -1.20. The van der Waals surface area contributed by atoms with Crippen LogP contribution in [0.15, 0.2) is 39.6 Å². The summed E-state index contributed by atoms with van der Waals surface area (Å²) >= 11 is 4.80. The van der Waals surface area contributed by atoms with Crippen molar-refractivity contribution in [1.82, 2.24) is 10.3 Å². The van der Waals surface area contributed by atoms with Crippen LogP contribution in [0.2, 0.25) is 0 Å². The van der Waals surface area contributed by atoms with Gasteiger partial charge in [0.25, 0.3) is 5.91 Å². The van der Waals surface area contributed by atoms with E-state index < -0.39 is 0 Å². The van der Waals surface area contributed by atoms with Crippen molar-refractivity contribution in [3.05, 3.63) is 50.9 Å². The van der Waals surface area contributed by atoms with Gasteiger partial charge < -0.3 is 5.32 Å². The van der Waals surface area contributed by atoms with E-state index in [-0.39, 0.29) is 11.9 Å². The lowest BCUT2D eigenvalue weighted by molar-refractivity contribution is 0.0935. The first-order valence-electron chi connectivity index (χ1n) is 5.11. The molecule has 88 valence electrons. The summed E-state index contributed by atoms with van der Waals surface area (Å²) in [5.74, 6) is -0.137. The molecule has 17 heavy (non-hydrogen) atoms. The van der Waals surface area contributed by atoms with Gasteiger partial charge >= 0.3 is 0 Å². The number of aromatic nitrogens is 1. The molecule has 0 aliphatic rings. The van der Waals surface area contributed by atoms with Gasteiger partial charge in [-0.25, -0.2) is 4.98 Å². The predicted molar refractivity (Wildman–Crippen MR) is 72.1 cm³/mol. The highest BCUT2D eigenvalue weighted by atomic mass is 79.9. The summed E-state index contributed by atoms with van der Waals surface area (Å²) in [6.07, 6.45) is 0. The number of hydrogen-bond acceptors (Lipinski definition) is 3. The summed E-state index contributed by atoms with van der Waals surface area (Å²) in [6, 6.07) is 7.85. The topological polar surface area (TPSA) is 42.0 Å². The van der Waals surface area contributed by atoms with E-state index in [2.05, 4.69) is 26.2 Å². The zero-order chi connectivity index (χ0) is 12.3. The van der Waals surface area contributed by atoms with Crippen LogP contribution in [0.5, 0.6) is 0 Å². The summed E-state index contributed by atoms with van der Waals surface area (Å²) in [5.41, 5.74) is 3.19. The molecule has 0 fully saturated rings. The van der Waals surface area contributed by atoms with Crippen LogP contribution in [0.25, 0.3) is 0 Å². The number of rotatable bonds is 3. The summed E-state index contributed by atoms with van der Waals surface area (Å²) in [7, 11) is 0. The van der Waals surface area contributed by atoms with E-state index in [1.54, 1.807) is 10.9 Å². The Bertz CT molecular complexity index is 496. The molecular formula is C12H11BrN2OS. The number of nitrogens with one attached hydrogen (secondary N) is 1. The second-order valence-corrected chi connectivity index (χ2v) is 5.25. The van der Waals surface area contributed by atoms with Crippen molar-refractivity contribution in [2.24, 2.45) is 0 Å². The number of nitrogens with zero attached hydrogens (tertiary/aromatic N) is 1. The summed E-state index contributed by atoms with van der Waals surface area (Å²) < 4.78 is 1.03. The average molecular weight is 311 g/mol. The number of amides is 1. The van der Waals surface area contributed by atoms with Gasteiger partial charge in [0, 0.05) is 9.85 Å². The molecule has 0 radical (unpaired) electrons. The van der Waals surface area contributed by atoms with Crippen LogP contribution in [0.4, 0.5) is 0 Å². The van der Waals surface area contributed by atoms with Gasteiger partial charge in [0.15, 0.2) is 0 Å². The maximum atomic E-state index is 11.8. The van der Waals surface area contributed by atoms with Gasteiger partial charge in [-0.15, -0.1) is 11.3 Å². The second kappa shape index (κ2) is 5.42. The van der Waals surface area contributed by atoms with E-state index in [0.29, 0.717) is 5.69 Å². The van der Waals surface area contributed by atoms with E-state index in [1.807, 2.05) is 31.2 Å². The van der Waals surface area contributed by atoms with Crippen LogP contribution in [0.1, 0.15) is 29.0 Å². The average Bonchev–Trinajstić information content (AvgIpc) is 2.83. The fourth-order valence-corrected chi connectivity index (χ4v) is 2.23. The zero-order valence-corrected chi connectivity index (χ0v) is 11.6. The summed E-state index contributed by atoms with van der Waals surface area (Å²) in [6.45, 7) is 1.95. The highest BCUT2D eigenvalue weighted by Crippen LogP contribution is 2.16. The number of carbonyl (C=O) groups is 1. The standard InChI is InChI=1S/C12H11BrN2OS/c1-8(9-2-4-10(13)5-3-9)15-12(16)11-6-17-7-14-11/h2-8H,1H3,(H,15,16)/t8-/m0/s1. The van der Waals surface area contributed by atoms with Crippen molar-refractivity contribution in [2.75, 3.05) is 0 Å². The molecule has 5 heteroatoms. The maximum Gasteiger partial charge on any atom is 0.271 e. The minimum atomic E-state index is -0.137. The Morgan fingerprint density at radius 2 is 2.12 bits per heavy atom. The Morgan fingerprint density at radius 3 is 2.71 bits per heavy atom. The quantitative estimate of drug-likeness (QED) is 0.944. The van der Waals surface area contributed by atoms with Crippen molar-refractivity contribution < 1.29 is 4.79 Å². The van der Waals surface area contributed by atoms with Crippen LogP contribution >= 0.6 is 27.3 Å². The fourth-order valence-electron chi connectivity index (χ4n) is 1.43. The number of halogens is 1. The molecule has 0 saturated carbocycles. The number of benzene rings is 1. The maximum absolute atomic E-state index is 11.8. The third kappa shape index (κ3) is 3.14. The van der Waals surface area contributed by atoms with Crippen molar-refractivity contribution in [3.8, 4) is 0 Å². The van der Waals surface area contributed by atoms with Crippen LogP contribution in [0, 0.1) is 0 Å². The lowest BCUT2D eigenvalue weighted by Crippen LogP contribution is -2.26. The Morgan fingerprint density at radius 1 is 1.41 bits per heavy atom. The van der Waals surface area contributed by atoms with Gasteiger partial charge in [0.2, 0.25) is 0 Å². The third-order valence-corrected chi connectivity index (χ3v) is 3.50. The minimum Gasteiger partial charge on any atom is -0.344 e. The molecule has 2 rings (SSSR count). The molecule has 0 saturated heterocycles. The van der Waals surface area contributed by atoms with Gasteiger partial charge in [-0.3, -0.25) is 4.79 Å². The second-order valence-electron chi connectivity index (χ2n) is 3.62. The van der Waals surface area contributed by atoms with Gasteiger partial charge in [0.05, 0.1) is 11.6 Å². The van der Waals surface area contributed by atoms with Crippen LogP contribution in [-0.2, 0) is 0 Å². The zero-order valence-electron chi connectivity index (χ0n) is 9.18. The fraction of sp³-hybridized carbons (Fsp3) is 0.167. The van der Waals surface area contributed by atoms with E-state index in [1.165, 1.54) is 11.3 Å². The SMILES string of the molecule is C[C@H](NC(=O)c1cscn1)c1ccc(Br)cc1. The molecule has 1 atom stereocenters. The highest BCUT2D eigenvalue weighted by molar-refractivity contribution is 9.10. The van der Waals surface area contributed by atoms with Gasteiger partial charge in [-0.05, 0) is 24.6 Å². The van der Waals surface area contributed by atoms with Crippen LogP contribution in [0.3, 0.4) is 0 Å². The normalized spacial score (nSPS) is 12.1. The molecule has 2 aromatic rings. The first-order valence-corrected chi connectivity index (χ1v) is 6.85. The van der Waals surface area contributed by atoms with Gasteiger partial charge in [-0.1, -0.05) is 28.1 Å². The van der Waals surface area contributed by atoms with Crippen molar-refractivity contribution >= 4 is 33.2 Å². The molecule has 1 aromatic heterocycles. The monoisotopic (exact) mass is 310 g/mol. The first-order chi connectivity index (χ1) is 8.16. The highest BCUT2D eigenvalue weighted by Gasteiger charge is 2.12. The van der Waals surface area contributed by atoms with Crippen LogP contribution in [-0.4, -0.2) is 10.9 Å². The van der Waals surface area contributed by atoms with Crippen molar-refractivity contribution in [2.45, 2.75) is 13.0 Å². The minimum absolute atomic E-state index is 0.0303. The Kier molecular flexibility index (Phi) is 3.91. The smallest absolute Gasteiger partial charge is 0.271 e. The number of hydrogen-bond donors (Lipinski definition) is 1. The van der Waals surface area contributed by atoms with E-state index in [0.717, 1.165) is 10.0 Å². The lowest BCUT2D eigenvalue weighted by atomic mass is 10.1. The Balaban J connectivity index is 2.04. The number of carbonyl (C=O) groups excluding carboxylic acids is 1. The first kappa shape index (κ1) is 12.3. The van der Waals surface area contributed by atoms with Crippen LogP contribution < -0.4 is 5.32 Å². The molecule has 0 bridgehead atoms. The molecule has 1 heterocycles. The largest absolute Gasteiger partial charge is 0.344 e. The summed E-state index contributed by atoms with van der Waals surface area (Å²) in [4.78, 5) is 15.8. The van der Waals surface area contributed by atoms with Crippen molar-refractivity contribution in [1.29, 1.82) is 0 Å². The molecule has 0 spiro atoms. The lowest BCUT2D eigenvalue weighted by Gasteiger charge is -2.13. The molecule has 1 N–H and O–H groups in total. The predicted octanol–water partition coefficient (Wildman–Crippen LogP) is 3.40. The molecule has 1 amide bonds. The Labute approximate surface area is 112 Å². The molecule has 3 nitrogen and oxygen atoms in total. The van der Waals surface area contributed by atoms with Gasteiger partial charge in [0.1, 0.15) is 5.69 Å². The molecule has 0 unspecified atom stereocenters. The molecular weight excluding hydrogens is 300 g/mol. The number of thiazole rings is 1.